The molecule has 4 N–H and O–H groups in total. The second-order valence-electron chi connectivity index (χ2n) is 8.79. The number of fused-ring (bicyclic) bond motifs is 1. The van der Waals surface area contributed by atoms with Crippen molar-refractivity contribution in [3.63, 3.8) is 0 Å². The summed E-state index contributed by atoms with van der Waals surface area (Å²) in [6.07, 6.45) is 15.7. The number of nitrogens with one attached hydrogen (secondary N) is 2. The lowest BCUT2D eigenvalue weighted by Crippen LogP contribution is -2.17. The van der Waals surface area contributed by atoms with Crippen molar-refractivity contribution in [2.45, 2.75) is 83.1 Å². The van der Waals surface area contributed by atoms with E-state index in [1.54, 1.807) is 0 Å². The second kappa shape index (κ2) is 15.5. The Morgan fingerprint density at radius 2 is 1.75 bits per heavy atom. The molecule has 6 nitrogen and oxygen atoms in total. The molecule has 0 spiro atoms. The summed E-state index contributed by atoms with van der Waals surface area (Å²) in [7, 11) is 2.18. The quantitative estimate of drug-likeness (QED) is 0.305. The van der Waals surface area contributed by atoms with Gasteiger partial charge in [0.2, 0.25) is 5.91 Å². The summed E-state index contributed by atoms with van der Waals surface area (Å²) in [5.41, 5.74) is 7.80. The van der Waals surface area contributed by atoms with Crippen LogP contribution in [0.3, 0.4) is 0 Å². The third kappa shape index (κ3) is 8.89. The Morgan fingerprint density at radius 1 is 1.09 bits per heavy atom. The zero-order valence-electron chi connectivity index (χ0n) is 19.4. The fraction of sp³-hybridized carbons (Fsp3) is 0.667. The first kappa shape index (κ1) is 28.7. The van der Waals surface area contributed by atoms with E-state index in [-0.39, 0.29) is 30.7 Å². The van der Waals surface area contributed by atoms with Crippen molar-refractivity contribution in [3.8, 4) is 0 Å². The number of aromatic nitrogens is 2. The van der Waals surface area contributed by atoms with Crippen molar-refractivity contribution < 1.29 is 4.79 Å². The number of carbonyl (C=O) groups excluding carboxylic acids is 1. The lowest BCUT2D eigenvalue weighted by atomic mass is 10.1. The van der Waals surface area contributed by atoms with Crippen LogP contribution < -0.4 is 11.1 Å². The van der Waals surface area contributed by atoms with E-state index >= 15 is 0 Å². The van der Waals surface area contributed by atoms with Crippen LogP contribution in [-0.4, -0.2) is 40.9 Å². The number of hydrogen-bond acceptors (Lipinski definition) is 4. The molecule has 1 saturated heterocycles. The van der Waals surface area contributed by atoms with Crippen molar-refractivity contribution in [1.29, 1.82) is 0 Å². The van der Waals surface area contributed by atoms with Gasteiger partial charge in [-0.1, -0.05) is 44.9 Å². The lowest BCUT2D eigenvalue weighted by Gasteiger charge is -2.17. The Hall–Kier alpha value is -1.34. The molecule has 0 saturated carbocycles. The van der Waals surface area contributed by atoms with Gasteiger partial charge in [0.05, 0.1) is 5.52 Å². The normalized spacial score (nSPS) is 16.0. The highest BCUT2D eigenvalue weighted by molar-refractivity contribution is 5.92. The number of nitrogens with zero attached hydrogens (tertiary/aromatic N) is 2. The van der Waals surface area contributed by atoms with Gasteiger partial charge in [0.25, 0.3) is 0 Å². The lowest BCUT2D eigenvalue weighted by molar-refractivity contribution is -0.116. The summed E-state index contributed by atoms with van der Waals surface area (Å²) < 4.78 is 0. The number of anilines is 1. The van der Waals surface area contributed by atoms with Gasteiger partial charge in [0, 0.05) is 35.8 Å². The van der Waals surface area contributed by atoms with Crippen LogP contribution in [0.4, 0.5) is 5.82 Å². The molecule has 0 bridgehead atoms. The van der Waals surface area contributed by atoms with Crippen molar-refractivity contribution in [2.24, 2.45) is 5.73 Å². The third-order valence-electron chi connectivity index (χ3n) is 6.28. The van der Waals surface area contributed by atoms with Crippen LogP contribution in [0, 0.1) is 0 Å². The molecule has 2 aromatic heterocycles. The van der Waals surface area contributed by atoms with Crippen molar-refractivity contribution in [3.05, 3.63) is 24.0 Å². The number of halogens is 2. The summed E-state index contributed by atoms with van der Waals surface area (Å²) in [5, 5.41) is 4.06. The Bertz CT molecular complexity index is 798. The van der Waals surface area contributed by atoms with Crippen LogP contribution in [0.2, 0.25) is 0 Å². The molecule has 0 aromatic carbocycles. The van der Waals surface area contributed by atoms with Gasteiger partial charge in [-0.3, -0.25) is 9.69 Å². The minimum Gasteiger partial charge on any atom is -0.357 e. The number of nitrogens with two attached hydrogens (primary N) is 1. The Balaban J connectivity index is 0.00000256. The van der Waals surface area contributed by atoms with Crippen LogP contribution in [-0.2, 0) is 4.79 Å². The van der Waals surface area contributed by atoms with E-state index in [1.807, 2.05) is 12.3 Å². The first-order chi connectivity index (χ1) is 14.7. The average molecular weight is 487 g/mol. The molecule has 2 aromatic rings. The first-order valence-corrected chi connectivity index (χ1v) is 11.9. The molecule has 1 amide bonds. The number of carbonyl (C=O) groups is 1. The number of likely N-dealkylation sites (tertiary alicyclic amines) is 1. The minimum atomic E-state index is 0. The predicted molar refractivity (Wildman–Crippen MR) is 139 cm³/mol. The molecule has 3 heterocycles. The number of amides is 1. The molecule has 0 unspecified atom stereocenters. The van der Waals surface area contributed by atoms with Gasteiger partial charge in [0.1, 0.15) is 5.82 Å². The molecule has 0 aliphatic carbocycles. The number of unbranched alkanes of at least 4 members (excludes halogenated alkanes) is 8. The molecule has 32 heavy (non-hydrogen) atoms. The fourth-order valence-electron chi connectivity index (χ4n) is 4.47. The Kier molecular flexibility index (Phi) is 13.9. The molecular formula is C24H41Cl2N5O. The topological polar surface area (TPSA) is 87.0 Å². The highest BCUT2D eigenvalue weighted by atomic mass is 35.5. The van der Waals surface area contributed by atoms with Gasteiger partial charge in [-0.05, 0) is 51.9 Å². The number of pyridine rings is 1. The number of aromatic amines is 1. The molecule has 3 rings (SSSR count). The molecule has 8 heteroatoms. The minimum absolute atomic E-state index is 0. The highest BCUT2D eigenvalue weighted by Crippen LogP contribution is 2.32. The maximum atomic E-state index is 12.3. The first-order valence-electron chi connectivity index (χ1n) is 11.9. The van der Waals surface area contributed by atoms with E-state index in [9.17, 15) is 4.79 Å². The Labute approximate surface area is 205 Å². The zero-order chi connectivity index (χ0) is 21.2. The van der Waals surface area contributed by atoms with E-state index in [0.717, 1.165) is 43.3 Å². The molecule has 0 radical (unpaired) electrons. The third-order valence-corrected chi connectivity index (χ3v) is 6.28. The van der Waals surface area contributed by atoms with Gasteiger partial charge in [-0.25, -0.2) is 4.98 Å². The van der Waals surface area contributed by atoms with Crippen molar-refractivity contribution >= 4 is 47.4 Å². The van der Waals surface area contributed by atoms with E-state index < -0.39 is 0 Å². The average Bonchev–Trinajstić information content (AvgIpc) is 3.34. The molecule has 1 aliphatic heterocycles. The molecular weight excluding hydrogens is 445 g/mol. The second-order valence-corrected chi connectivity index (χ2v) is 8.79. The number of rotatable bonds is 13. The summed E-state index contributed by atoms with van der Waals surface area (Å²) in [4.78, 5) is 22.6. The molecule has 1 fully saturated rings. The van der Waals surface area contributed by atoms with Crippen molar-refractivity contribution in [1.82, 2.24) is 14.9 Å². The van der Waals surface area contributed by atoms with Gasteiger partial charge in [0.15, 0.2) is 0 Å². The smallest absolute Gasteiger partial charge is 0.225 e. The maximum absolute atomic E-state index is 12.3. The molecule has 1 aliphatic rings. The van der Waals surface area contributed by atoms with Crippen LogP contribution >= 0.6 is 24.8 Å². The van der Waals surface area contributed by atoms with E-state index in [4.69, 9.17) is 5.73 Å². The number of hydrogen-bond donors (Lipinski definition) is 3. The number of H-pyrrole nitrogens is 1. The summed E-state index contributed by atoms with van der Waals surface area (Å²) >= 11 is 0. The SMILES string of the molecule is CN1CCC[C@@H]1c1cc2cnc(NC(=O)CCCCCCCCCCCN)cc2[nH]1.Cl.Cl. The molecule has 1 atom stereocenters. The standard InChI is InChI=1S/C24H39N5O.2ClH/c1-29-15-11-12-22(29)21-16-19-18-26-23(17-20(19)27-21)28-24(30)13-9-7-5-3-2-4-6-8-10-14-25;;/h16-18,22,27H,2-15,25H2,1H3,(H,26,28,30);2*1H/t22-;;/m1../s1. The monoisotopic (exact) mass is 485 g/mol. The van der Waals surface area contributed by atoms with Gasteiger partial charge in [-0.15, -0.1) is 24.8 Å². The van der Waals surface area contributed by atoms with Gasteiger partial charge in [-0.2, -0.15) is 0 Å². The highest BCUT2D eigenvalue weighted by Gasteiger charge is 2.24. The summed E-state index contributed by atoms with van der Waals surface area (Å²) in [6, 6.07) is 4.61. The summed E-state index contributed by atoms with van der Waals surface area (Å²) in [5.74, 6) is 0.698. The fourth-order valence-corrected chi connectivity index (χ4v) is 4.47. The predicted octanol–water partition coefficient (Wildman–Crippen LogP) is 5.97. The van der Waals surface area contributed by atoms with Crippen LogP contribution in [0.5, 0.6) is 0 Å². The molecule has 182 valence electrons. The van der Waals surface area contributed by atoms with Gasteiger partial charge < -0.3 is 16.0 Å². The van der Waals surface area contributed by atoms with Gasteiger partial charge >= 0.3 is 0 Å². The van der Waals surface area contributed by atoms with E-state index in [2.05, 4.69) is 33.3 Å². The Morgan fingerprint density at radius 3 is 2.38 bits per heavy atom. The largest absolute Gasteiger partial charge is 0.357 e. The van der Waals surface area contributed by atoms with Crippen molar-refractivity contribution in [2.75, 3.05) is 25.5 Å². The van der Waals surface area contributed by atoms with Crippen LogP contribution in [0.15, 0.2) is 18.3 Å². The van der Waals surface area contributed by atoms with Crippen LogP contribution in [0.1, 0.15) is 88.8 Å². The summed E-state index contributed by atoms with van der Waals surface area (Å²) in [6.45, 7) is 1.96. The zero-order valence-corrected chi connectivity index (χ0v) is 21.0. The maximum Gasteiger partial charge on any atom is 0.225 e. The van der Waals surface area contributed by atoms with E-state index in [0.29, 0.717) is 18.3 Å². The van der Waals surface area contributed by atoms with E-state index in [1.165, 1.54) is 57.1 Å². The van der Waals surface area contributed by atoms with Crippen LogP contribution in [0.25, 0.3) is 10.9 Å².